The predicted molar refractivity (Wildman–Crippen MR) is 123 cm³/mol. The molecule has 1 aliphatic heterocycles. The van der Waals surface area contributed by atoms with Gasteiger partial charge in [-0.1, -0.05) is 36.4 Å². The molecule has 1 fully saturated rings. The number of ether oxygens (including phenoxy) is 1. The van der Waals surface area contributed by atoms with Gasteiger partial charge in [-0.3, -0.25) is 9.69 Å². The summed E-state index contributed by atoms with van der Waals surface area (Å²) >= 11 is 0. The van der Waals surface area contributed by atoms with Gasteiger partial charge in [-0.15, -0.1) is 0 Å². The second kappa shape index (κ2) is 11.5. The fourth-order valence-corrected chi connectivity index (χ4v) is 3.74. The average molecular weight is 425 g/mol. The van der Waals surface area contributed by atoms with E-state index in [1.54, 1.807) is 7.05 Å². The Hall–Kier alpha value is -2.90. The van der Waals surface area contributed by atoms with Crippen LogP contribution in [0.15, 0.2) is 48.5 Å². The Labute approximate surface area is 184 Å². The van der Waals surface area contributed by atoms with E-state index in [1.807, 2.05) is 31.2 Å². The molecule has 1 unspecified atom stereocenters. The van der Waals surface area contributed by atoms with Gasteiger partial charge in [0.2, 0.25) is 5.91 Å². The van der Waals surface area contributed by atoms with Crippen LogP contribution in [0.5, 0.6) is 0 Å². The molecular weight excluding hydrogens is 392 g/mol. The zero-order valence-corrected chi connectivity index (χ0v) is 18.3. The van der Waals surface area contributed by atoms with Crippen molar-refractivity contribution < 1.29 is 14.3 Å². The zero-order valence-electron chi connectivity index (χ0n) is 18.3. The number of carbonyl (C=O) groups excluding carboxylic acids is 2. The number of nitrogens with zero attached hydrogens (tertiary/aromatic N) is 1. The van der Waals surface area contributed by atoms with Crippen molar-refractivity contribution in [2.24, 2.45) is 0 Å². The fraction of sp³-hybridized carbons (Fsp3) is 0.417. The van der Waals surface area contributed by atoms with E-state index in [4.69, 9.17) is 4.74 Å². The number of carbonyl (C=O) groups is 2. The van der Waals surface area contributed by atoms with Crippen LogP contribution in [-0.4, -0.2) is 63.3 Å². The van der Waals surface area contributed by atoms with E-state index in [1.165, 1.54) is 0 Å². The van der Waals surface area contributed by atoms with E-state index in [-0.39, 0.29) is 17.9 Å². The standard InChI is InChI=1S/C24H32N4O3/c1-3-26-24(30)27-22-10-8-19(9-11-22)18-4-6-20(7-5-18)21(16-23(29)25-2)17-28-12-14-31-15-13-28/h4-11,21H,3,12-17H2,1-2H3,(H,25,29)(H2,26,27,30). The number of benzene rings is 2. The largest absolute Gasteiger partial charge is 0.379 e. The molecule has 1 aliphatic rings. The molecule has 3 N–H and O–H groups in total. The monoisotopic (exact) mass is 424 g/mol. The summed E-state index contributed by atoms with van der Waals surface area (Å²) in [5.41, 5.74) is 4.08. The Kier molecular flexibility index (Phi) is 8.44. The molecule has 1 heterocycles. The maximum Gasteiger partial charge on any atom is 0.319 e. The smallest absolute Gasteiger partial charge is 0.319 e. The molecule has 3 rings (SSSR count). The molecular formula is C24H32N4O3. The number of urea groups is 1. The Morgan fingerprint density at radius 3 is 2.19 bits per heavy atom. The Balaban J connectivity index is 1.69. The zero-order chi connectivity index (χ0) is 22.1. The number of hydrogen-bond acceptors (Lipinski definition) is 4. The van der Waals surface area contributed by atoms with Gasteiger partial charge in [0.1, 0.15) is 0 Å². The molecule has 0 saturated carbocycles. The van der Waals surface area contributed by atoms with Gasteiger partial charge in [0, 0.05) is 51.3 Å². The summed E-state index contributed by atoms with van der Waals surface area (Å²) in [5.74, 6) is 0.188. The quantitative estimate of drug-likeness (QED) is 0.608. The molecule has 0 spiro atoms. The second-order valence-corrected chi connectivity index (χ2v) is 7.67. The molecule has 3 amide bonds. The van der Waals surface area contributed by atoms with Gasteiger partial charge in [0.25, 0.3) is 0 Å². The first-order valence-corrected chi connectivity index (χ1v) is 10.8. The van der Waals surface area contributed by atoms with E-state index in [0.29, 0.717) is 13.0 Å². The van der Waals surface area contributed by atoms with Crippen LogP contribution in [0.25, 0.3) is 11.1 Å². The number of hydrogen-bond donors (Lipinski definition) is 3. The third-order valence-electron chi connectivity index (χ3n) is 5.49. The van der Waals surface area contributed by atoms with Crippen molar-refractivity contribution >= 4 is 17.6 Å². The molecule has 31 heavy (non-hydrogen) atoms. The summed E-state index contributed by atoms with van der Waals surface area (Å²) in [7, 11) is 1.68. The topological polar surface area (TPSA) is 82.7 Å². The van der Waals surface area contributed by atoms with Crippen LogP contribution in [-0.2, 0) is 9.53 Å². The second-order valence-electron chi connectivity index (χ2n) is 7.67. The third kappa shape index (κ3) is 6.80. The summed E-state index contributed by atoms with van der Waals surface area (Å²) in [6.07, 6.45) is 0.466. The molecule has 1 saturated heterocycles. The molecule has 7 heteroatoms. The van der Waals surface area contributed by atoms with Gasteiger partial charge >= 0.3 is 6.03 Å². The van der Waals surface area contributed by atoms with Crippen molar-refractivity contribution in [3.63, 3.8) is 0 Å². The van der Waals surface area contributed by atoms with E-state index in [0.717, 1.165) is 55.2 Å². The summed E-state index contributed by atoms with van der Waals surface area (Å²) in [4.78, 5) is 26.1. The van der Waals surface area contributed by atoms with Crippen molar-refractivity contribution in [3.05, 3.63) is 54.1 Å². The van der Waals surface area contributed by atoms with Gasteiger partial charge < -0.3 is 20.7 Å². The molecule has 2 aromatic carbocycles. The van der Waals surface area contributed by atoms with Crippen molar-refractivity contribution in [2.45, 2.75) is 19.3 Å². The lowest BCUT2D eigenvalue weighted by Crippen LogP contribution is -2.39. The van der Waals surface area contributed by atoms with Crippen LogP contribution in [0.1, 0.15) is 24.8 Å². The summed E-state index contributed by atoms with van der Waals surface area (Å²) in [6, 6.07) is 16.0. The van der Waals surface area contributed by atoms with E-state index in [2.05, 4.69) is 45.1 Å². The lowest BCUT2D eigenvalue weighted by atomic mass is 9.92. The lowest BCUT2D eigenvalue weighted by Gasteiger charge is -2.30. The summed E-state index contributed by atoms with van der Waals surface area (Å²) < 4.78 is 5.45. The number of amides is 3. The maximum absolute atomic E-state index is 12.1. The van der Waals surface area contributed by atoms with Crippen LogP contribution in [0.3, 0.4) is 0 Å². The molecule has 0 aliphatic carbocycles. The molecule has 0 radical (unpaired) electrons. The average Bonchev–Trinajstić information content (AvgIpc) is 2.80. The van der Waals surface area contributed by atoms with E-state index in [9.17, 15) is 9.59 Å². The lowest BCUT2D eigenvalue weighted by molar-refractivity contribution is -0.121. The highest BCUT2D eigenvalue weighted by atomic mass is 16.5. The van der Waals surface area contributed by atoms with Crippen molar-refractivity contribution in [2.75, 3.05) is 51.8 Å². The molecule has 0 aromatic heterocycles. The van der Waals surface area contributed by atoms with Gasteiger partial charge in [0.15, 0.2) is 0 Å². The molecule has 0 bridgehead atoms. The Morgan fingerprint density at radius 1 is 1.00 bits per heavy atom. The van der Waals surface area contributed by atoms with Gasteiger partial charge in [-0.25, -0.2) is 4.79 Å². The molecule has 1 atom stereocenters. The number of nitrogens with one attached hydrogen (secondary N) is 3. The normalized spacial score (nSPS) is 15.2. The maximum atomic E-state index is 12.1. The molecule has 2 aromatic rings. The summed E-state index contributed by atoms with van der Waals surface area (Å²) in [5, 5.41) is 8.27. The fourth-order valence-electron chi connectivity index (χ4n) is 3.74. The van der Waals surface area contributed by atoms with Crippen LogP contribution >= 0.6 is 0 Å². The first kappa shape index (κ1) is 22.8. The van der Waals surface area contributed by atoms with Crippen LogP contribution < -0.4 is 16.0 Å². The Morgan fingerprint density at radius 2 is 1.61 bits per heavy atom. The summed E-state index contributed by atoms with van der Waals surface area (Å²) in [6.45, 7) is 6.61. The Bertz CT molecular complexity index is 846. The minimum absolute atomic E-state index is 0.0533. The van der Waals surface area contributed by atoms with E-state index < -0.39 is 0 Å². The third-order valence-corrected chi connectivity index (χ3v) is 5.49. The SMILES string of the molecule is CCNC(=O)Nc1ccc(-c2ccc(C(CC(=O)NC)CN3CCOCC3)cc2)cc1. The van der Waals surface area contributed by atoms with Crippen molar-refractivity contribution in [1.29, 1.82) is 0 Å². The minimum atomic E-state index is -0.206. The van der Waals surface area contributed by atoms with Gasteiger partial charge in [-0.2, -0.15) is 0 Å². The molecule has 166 valence electrons. The minimum Gasteiger partial charge on any atom is -0.379 e. The van der Waals surface area contributed by atoms with Crippen molar-refractivity contribution in [1.82, 2.24) is 15.5 Å². The first-order chi connectivity index (χ1) is 15.1. The molecule has 7 nitrogen and oxygen atoms in total. The highest BCUT2D eigenvalue weighted by Gasteiger charge is 2.21. The van der Waals surface area contributed by atoms with Crippen LogP contribution in [0.4, 0.5) is 10.5 Å². The number of anilines is 1. The van der Waals surface area contributed by atoms with E-state index >= 15 is 0 Å². The van der Waals surface area contributed by atoms with Crippen molar-refractivity contribution in [3.8, 4) is 11.1 Å². The number of morpholine rings is 1. The first-order valence-electron chi connectivity index (χ1n) is 10.8. The predicted octanol–water partition coefficient (Wildman–Crippen LogP) is 3.05. The van der Waals surface area contributed by atoms with Crippen LogP contribution in [0, 0.1) is 0 Å². The highest BCUT2D eigenvalue weighted by Crippen LogP contribution is 2.27. The highest BCUT2D eigenvalue weighted by molar-refractivity contribution is 5.89. The number of rotatable bonds is 8. The van der Waals surface area contributed by atoms with Gasteiger partial charge in [-0.05, 0) is 35.7 Å². The van der Waals surface area contributed by atoms with Crippen LogP contribution in [0.2, 0.25) is 0 Å². The van der Waals surface area contributed by atoms with Gasteiger partial charge in [0.05, 0.1) is 13.2 Å².